The molecule has 0 aliphatic heterocycles. The van der Waals surface area contributed by atoms with Crippen molar-refractivity contribution in [2.45, 2.75) is 12.7 Å². The summed E-state index contributed by atoms with van der Waals surface area (Å²) in [4.78, 5) is 11.7. The highest BCUT2D eigenvalue weighted by atomic mass is 32.2. The van der Waals surface area contributed by atoms with Crippen LogP contribution in [-0.2, 0) is 10.5 Å². The number of hydrogen-bond acceptors (Lipinski definition) is 2. The number of amides is 1. The molecule has 2 rings (SSSR count). The second-order valence-electron chi connectivity index (χ2n) is 4.66. The van der Waals surface area contributed by atoms with Gasteiger partial charge in [0, 0.05) is 17.5 Å². The quantitative estimate of drug-likeness (QED) is 0.899. The fourth-order valence-corrected chi connectivity index (χ4v) is 2.61. The molecule has 0 atom stereocenters. The molecule has 2 nitrogen and oxygen atoms in total. The Morgan fingerprint density at radius 3 is 2.67 bits per heavy atom. The molecule has 0 heterocycles. The van der Waals surface area contributed by atoms with Crippen LogP contribution in [0, 0.1) is 18.6 Å². The standard InChI is InChI=1S/C16H15F2NOS/c1-11-3-2-4-12(7-11)9-21-10-16(20)19-13-5-6-14(17)15(18)8-13/h2-8H,9-10H2,1H3,(H,19,20). The number of thioether (sulfide) groups is 1. The van der Waals surface area contributed by atoms with E-state index in [-0.39, 0.29) is 17.3 Å². The Labute approximate surface area is 126 Å². The molecule has 0 unspecified atom stereocenters. The summed E-state index contributed by atoms with van der Waals surface area (Å²) in [5, 5.41) is 2.54. The van der Waals surface area contributed by atoms with E-state index >= 15 is 0 Å². The Hall–Kier alpha value is -1.88. The normalized spacial score (nSPS) is 10.4. The van der Waals surface area contributed by atoms with Crippen molar-refractivity contribution in [3.8, 4) is 0 Å². The zero-order chi connectivity index (χ0) is 15.2. The minimum Gasteiger partial charge on any atom is -0.325 e. The molecule has 0 aromatic heterocycles. The van der Waals surface area contributed by atoms with E-state index in [0.717, 1.165) is 23.4 Å². The number of hydrogen-bond donors (Lipinski definition) is 1. The summed E-state index contributed by atoms with van der Waals surface area (Å²) in [7, 11) is 0. The summed E-state index contributed by atoms with van der Waals surface area (Å²) in [5.41, 5.74) is 2.59. The molecule has 21 heavy (non-hydrogen) atoms. The van der Waals surface area contributed by atoms with E-state index in [1.165, 1.54) is 23.4 Å². The molecule has 1 N–H and O–H groups in total. The van der Waals surface area contributed by atoms with Gasteiger partial charge in [0.15, 0.2) is 11.6 Å². The van der Waals surface area contributed by atoms with E-state index in [9.17, 15) is 13.6 Å². The van der Waals surface area contributed by atoms with Crippen LogP contribution in [0.25, 0.3) is 0 Å². The lowest BCUT2D eigenvalue weighted by Crippen LogP contribution is -2.14. The van der Waals surface area contributed by atoms with Crippen molar-refractivity contribution < 1.29 is 13.6 Å². The number of rotatable bonds is 5. The maximum Gasteiger partial charge on any atom is 0.234 e. The second-order valence-corrected chi connectivity index (χ2v) is 5.64. The topological polar surface area (TPSA) is 29.1 Å². The van der Waals surface area contributed by atoms with Crippen LogP contribution in [0.5, 0.6) is 0 Å². The van der Waals surface area contributed by atoms with E-state index < -0.39 is 11.6 Å². The molecule has 0 saturated carbocycles. The van der Waals surface area contributed by atoms with Crippen LogP contribution in [0.1, 0.15) is 11.1 Å². The van der Waals surface area contributed by atoms with Gasteiger partial charge in [-0.3, -0.25) is 4.79 Å². The number of anilines is 1. The predicted octanol–water partition coefficient (Wildman–Crippen LogP) is 4.15. The highest BCUT2D eigenvalue weighted by molar-refractivity contribution is 7.99. The molecule has 0 bridgehead atoms. The Bertz CT molecular complexity index is 646. The Morgan fingerprint density at radius 1 is 1.14 bits per heavy atom. The molecule has 0 aliphatic carbocycles. The zero-order valence-electron chi connectivity index (χ0n) is 11.5. The second kappa shape index (κ2) is 7.22. The number of aryl methyl sites for hydroxylation is 1. The molecular weight excluding hydrogens is 292 g/mol. The molecule has 0 saturated heterocycles. The van der Waals surface area contributed by atoms with Crippen LogP contribution in [-0.4, -0.2) is 11.7 Å². The minimum atomic E-state index is -0.972. The summed E-state index contributed by atoms with van der Waals surface area (Å²) in [6.45, 7) is 2.02. The van der Waals surface area contributed by atoms with Crippen LogP contribution in [0.4, 0.5) is 14.5 Å². The van der Waals surface area contributed by atoms with E-state index in [1.807, 2.05) is 25.1 Å². The van der Waals surface area contributed by atoms with Gasteiger partial charge in [-0.15, -0.1) is 11.8 Å². The van der Waals surface area contributed by atoms with Gasteiger partial charge in [-0.25, -0.2) is 8.78 Å². The van der Waals surface area contributed by atoms with Gasteiger partial charge in [-0.05, 0) is 24.6 Å². The summed E-state index contributed by atoms with van der Waals surface area (Å²) < 4.78 is 25.8. The molecule has 1 amide bonds. The SMILES string of the molecule is Cc1cccc(CSCC(=O)Nc2ccc(F)c(F)c2)c1. The smallest absolute Gasteiger partial charge is 0.234 e. The van der Waals surface area contributed by atoms with Crippen LogP contribution in [0.3, 0.4) is 0 Å². The number of halogens is 2. The molecule has 2 aromatic carbocycles. The van der Waals surface area contributed by atoms with Crippen molar-refractivity contribution in [1.29, 1.82) is 0 Å². The van der Waals surface area contributed by atoms with Crippen molar-refractivity contribution in [1.82, 2.24) is 0 Å². The zero-order valence-corrected chi connectivity index (χ0v) is 12.3. The largest absolute Gasteiger partial charge is 0.325 e. The molecule has 0 fully saturated rings. The lowest BCUT2D eigenvalue weighted by molar-refractivity contribution is -0.113. The monoisotopic (exact) mass is 307 g/mol. The summed E-state index contributed by atoms with van der Waals surface area (Å²) in [5.74, 6) is -1.15. The number of carbonyl (C=O) groups excluding carboxylic acids is 1. The van der Waals surface area contributed by atoms with E-state index in [2.05, 4.69) is 11.4 Å². The van der Waals surface area contributed by atoms with Crippen LogP contribution >= 0.6 is 11.8 Å². The van der Waals surface area contributed by atoms with Gasteiger partial charge in [0.1, 0.15) is 0 Å². The third kappa shape index (κ3) is 4.86. The summed E-state index contributed by atoms with van der Waals surface area (Å²) in [6.07, 6.45) is 0. The molecular formula is C16H15F2NOS. The maximum absolute atomic E-state index is 13.0. The average molecular weight is 307 g/mol. The predicted molar refractivity (Wildman–Crippen MR) is 82.3 cm³/mol. The Kier molecular flexibility index (Phi) is 5.33. The number of nitrogens with one attached hydrogen (secondary N) is 1. The molecule has 0 aliphatic rings. The number of benzene rings is 2. The highest BCUT2D eigenvalue weighted by Gasteiger charge is 2.06. The fraction of sp³-hybridized carbons (Fsp3) is 0.188. The molecule has 0 spiro atoms. The average Bonchev–Trinajstić information content (AvgIpc) is 2.43. The van der Waals surface area contributed by atoms with Crippen molar-refractivity contribution in [3.05, 3.63) is 65.2 Å². The van der Waals surface area contributed by atoms with Crippen molar-refractivity contribution in [2.24, 2.45) is 0 Å². The highest BCUT2D eigenvalue weighted by Crippen LogP contribution is 2.16. The van der Waals surface area contributed by atoms with Crippen LogP contribution in [0.2, 0.25) is 0 Å². The van der Waals surface area contributed by atoms with Crippen LogP contribution in [0.15, 0.2) is 42.5 Å². The summed E-state index contributed by atoms with van der Waals surface area (Å²) >= 11 is 1.47. The maximum atomic E-state index is 13.0. The molecule has 110 valence electrons. The number of carbonyl (C=O) groups is 1. The first kappa shape index (κ1) is 15.5. The Morgan fingerprint density at radius 2 is 1.95 bits per heavy atom. The Balaban J connectivity index is 1.81. The van der Waals surface area contributed by atoms with Gasteiger partial charge < -0.3 is 5.32 Å². The van der Waals surface area contributed by atoms with Crippen molar-refractivity contribution >= 4 is 23.4 Å². The minimum absolute atomic E-state index is 0.237. The third-order valence-corrected chi connectivity index (χ3v) is 3.79. The van der Waals surface area contributed by atoms with Gasteiger partial charge in [0.25, 0.3) is 0 Å². The van der Waals surface area contributed by atoms with Gasteiger partial charge in [-0.2, -0.15) is 0 Å². The molecule has 2 aromatic rings. The lowest BCUT2D eigenvalue weighted by atomic mass is 10.2. The molecule has 0 radical (unpaired) electrons. The summed E-state index contributed by atoms with van der Waals surface area (Å²) in [6, 6.07) is 11.4. The fourth-order valence-electron chi connectivity index (χ4n) is 1.83. The van der Waals surface area contributed by atoms with Gasteiger partial charge in [-0.1, -0.05) is 29.8 Å². The third-order valence-electron chi connectivity index (χ3n) is 2.79. The van der Waals surface area contributed by atoms with Gasteiger partial charge >= 0.3 is 0 Å². The first-order valence-electron chi connectivity index (χ1n) is 6.43. The van der Waals surface area contributed by atoms with Crippen LogP contribution < -0.4 is 5.32 Å². The van der Waals surface area contributed by atoms with Crippen molar-refractivity contribution in [3.63, 3.8) is 0 Å². The van der Waals surface area contributed by atoms with Gasteiger partial charge in [0.05, 0.1) is 5.75 Å². The first-order chi connectivity index (χ1) is 10.0. The first-order valence-corrected chi connectivity index (χ1v) is 7.58. The van der Waals surface area contributed by atoms with E-state index in [1.54, 1.807) is 0 Å². The van der Waals surface area contributed by atoms with E-state index in [4.69, 9.17) is 0 Å². The van der Waals surface area contributed by atoms with Crippen molar-refractivity contribution in [2.75, 3.05) is 11.1 Å². The lowest BCUT2D eigenvalue weighted by Gasteiger charge is -2.06. The van der Waals surface area contributed by atoms with E-state index in [0.29, 0.717) is 0 Å². The van der Waals surface area contributed by atoms with Gasteiger partial charge in [0.2, 0.25) is 5.91 Å². The molecule has 5 heteroatoms.